The molecule has 0 aromatic heterocycles. The summed E-state index contributed by atoms with van der Waals surface area (Å²) in [6.45, 7) is 4.55. The highest BCUT2D eigenvalue weighted by atomic mass is 16.5. The summed E-state index contributed by atoms with van der Waals surface area (Å²) in [7, 11) is 1.54. The van der Waals surface area contributed by atoms with E-state index in [-0.39, 0.29) is 24.5 Å². The van der Waals surface area contributed by atoms with Gasteiger partial charge in [-0.05, 0) is 57.2 Å². The molecule has 1 heterocycles. The lowest BCUT2D eigenvalue weighted by atomic mass is 9.85. The number of ether oxygens (including phenoxy) is 2. The minimum atomic E-state index is -0.187. The number of likely N-dealkylation sites (tertiary alicyclic amines) is 1. The molecule has 148 valence electrons. The Morgan fingerprint density at radius 3 is 2.70 bits per heavy atom. The first kappa shape index (κ1) is 19.5. The third-order valence-electron chi connectivity index (χ3n) is 5.49. The van der Waals surface area contributed by atoms with Crippen LogP contribution >= 0.6 is 0 Å². The van der Waals surface area contributed by atoms with Gasteiger partial charge < -0.3 is 19.7 Å². The maximum absolute atomic E-state index is 13.0. The van der Waals surface area contributed by atoms with Crippen molar-refractivity contribution in [2.75, 3.05) is 20.3 Å². The summed E-state index contributed by atoms with van der Waals surface area (Å²) in [5.41, 5.74) is 0.608. The Labute approximate surface area is 161 Å². The fourth-order valence-electron chi connectivity index (χ4n) is 4.25. The molecule has 1 aromatic carbocycles. The van der Waals surface area contributed by atoms with Gasteiger partial charge in [0.25, 0.3) is 11.8 Å². The number of nitrogens with one attached hydrogen (secondary N) is 1. The van der Waals surface area contributed by atoms with Crippen LogP contribution in [0.3, 0.4) is 0 Å². The molecule has 6 nitrogen and oxygen atoms in total. The lowest BCUT2D eigenvalue weighted by Gasteiger charge is -2.31. The molecule has 2 amide bonds. The second-order valence-electron chi connectivity index (χ2n) is 7.78. The van der Waals surface area contributed by atoms with E-state index in [4.69, 9.17) is 9.47 Å². The highest BCUT2D eigenvalue weighted by Gasteiger charge is 2.38. The Hall–Kier alpha value is -2.24. The Kier molecular flexibility index (Phi) is 6.24. The van der Waals surface area contributed by atoms with Gasteiger partial charge in [0.05, 0.1) is 7.11 Å². The summed E-state index contributed by atoms with van der Waals surface area (Å²) in [6.07, 6.45) is 5.95. The van der Waals surface area contributed by atoms with Crippen LogP contribution in [0.5, 0.6) is 11.5 Å². The fraction of sp³-hybridized carbons (Fsp3) is 0.619. The van der Waals surface area contributed by atoms with Gasteiger partial charge in [-0.1, -0.05) is 12.8 Å². The highest BCUT2D eigenvalue weighted by Crippen LogP contribution is 2.37. The number of carbonyl (C=O) groups excluding carboxylic acids is 2. The third-order valence-corrected chi connectivity index (χ3v) is 5.49. The summed E-state index contributed by atoms with van der Waals surface area (Å²) in [5, 5.41) is 2.78. The zero-order valence-corrected chi connectivity index (χ0v) is 16.5. The molecular weight excluding hydrogens is 344 g/mol. The number of methoxy groups -OCH3 is 1. The van der Waals surface area contributed by atoms with Crippen molar-refractivity contribution in [1.29, 1.82) is 0 Å². The molecule has 0 bridgehead atoms. The van der Waals surface area contributed by atoms with Crippen LogP contribution in [0, 0.1) is 5.92 Å². The number of fused-ring (bicyclic) bond motifs is 1. The van der Waals surface area contributed by atoms with Crippen molar-refractivity contribution in [3.05, 3.63) is 23.8 Å². The van der Waals surface area contributed by atoms with Crippen LogP contribution in [0.1, 0.15) is 56.3 Å². The van der Waals surface area contributed by atoms with E-state index in [2.05, 4.69) is 5.32 Å². The van der Waals surface area contributed by atoms with Crippen molar-refractivity contribution >= 4 is 11.8 Å². The average molecular weight is 374 g/mol. The van der Waals surface area contributed by atoms with Gasteiger partial charge >= 0.3 is 0 Å². The largest absolute Gasteiger partial charge is 0.493 e. The van der Waals surface area contributed by atoms with Crippen LogP contribution < -0.4 is 14.8 Å². The molecule has 1 saturated carbocycles. The second kappa shape index (κ2) is 8.63. The summed E-state index contributed by atoms with van der Waals surface area (Å²) < 4.78 is 11.0. The Morgan fingerprint density at radius 1 is 1.19 bits per heavy atom. The maximum Gasteiger partial charge on any atom is 0.258 e. The van der Waals surface area contributed by atoms with E-state index in [1.807, 2.05) is 18.7 Å². The first-order valence-electron chi connectivity index (χ1n) is 9.90. The molecule has 3 rings (SSSR count). The molecule has 6 heteroatoms. The van der Waals surface area contributed by atoms with Crippen LogP contribution in [0.2, 0.25) is 0 Å². The first-order valence-corrected chi connectivity index (χ1v) is 9.90. The predicted molar refractivity (Wildman–Crippen MR) is 103 cm³/mol. The molecule has 1 N–H and O–H groups in total. The van der Waals surface area contributed by atoms with Gasteiger partial charge in [-0.2, -0.15) is 0 Å². The molecule has 2 unspecified atom stereocenters. The number of benzene rings is 1. The van der Waals surface area contributed by atoms with Crippen molar-refractivity contribution in [1.82, 2.24) is 10.2 Å². The molecule has 1 aliphatic heterocycles. The molecule has 1 saturated heterocycles. The SMILES string of the molecule is COc1cc(C(=O)N2CCC3CCCCC32)ccc1OCC(=O)NC(C)C. The summed E-state index contributed by atoms with van der Waals surface area (Å²) >= 11 is 0. The smallest absolute Gasteiger partial charge is 0.258 e. The quantitative estimate of drug-likeness (QED) is 0.831. The minimum absolute atomic E-state index is 0.0619. The van der Waals surface area contributed by atoms with Gasteiger partial charge in [0.1, 0.15) is 0 Å². The Balaban J connectivity index is 1.68. The standard InChI is InChI=1S/C21H30N2O4/c1-14(2)22-20(24)13-27-18-9-8-16(12-19(18)26-3)21(25)23-11-10-15-6-4-5-7-17(15)23/h8-9,12,14-15,17H,4-7,10-11,13H2,1-3H3,(H,22,24). The monoisotopic (exact) mass is 374 g/mol. The van der Waals surface area contributed by atoms with Gasteiger partial charge in [0, 0.05) is 24.2 Å². The van der Waals surface area contributed by atoms with E-state index in [0.717, 1.165) is 19.4 Å². The number of amides is 2. The van der Waals surface area contributed by atoms with Gasteiger partial charge in [-0.25, -0.2) is 0 Å². The van der Waals surface area contributed by atoms with Crippen LogP contribution in [0.15, 0.2) is 18.2 Å². The number of nitrogens with zero attached hydrogens (tertiary/aromatic N) is 1. The van der Waals surface area contributed by atoms with E-state index >= 15 is 0 Å². The first-order chi connectivity index (χ1) is 13.0. The van der Waals surface area contributed by atoms with Crippen LogP contribution in [-0.2, 0) is 4.79 Å². The topological polar surface area (TPSA) is 67.9 Å². The van der Waals surface area contributed by atoms with Crippen molar-refractivity contribution < 1.29 is 19.1 Å². The zero-order chi connectivity index (χ0) is 19.4. The second-order valence-corrected chi connectivity index (χ2v) is 7.78. The van der Waals surface area contributed by atoms with Crippen molar-refractivity contribution in [3.63, 3.8) is 0 Å². The summed E-state index contributed by atoms with van der Waals surface area (Å²) in [4.78, 5) is 26.8. The van der Waals surface area contributed by atoms with Gasteiger partial charge in [-0.15, -0.1) is 0 Å². The lowest BCUT2D eigenvalue weighted by Crippen LogP contribution is -2.39. The third kappa shape index (κ3) is 4.54. The van der Waals surface area contributed by atoms with Crippen LogP contribution in [-0.4, -0.2) is 49.1 Å². The summed E-state index contributed by atoms with van der Waals surface area (Å²) in [6, 6.07) is 5.63. The normalized spacial score (nSPS) is 21.7. The van der Waals surface area contributed by atoms with E-state index in [9.17, 15) is 9.59 Å². The number of rotatable bonds is 6. The number of hydrogen-bond donors (Lipinski definition) is 1. The average Bonchev–Trinajstić information content (AvgIpc) is 3.09. The van der Waals surface area contributed by atoms with E-state index in [0.29, 0.717) is 29.0 Å². The Morgan fingerprint density at radius 2 is 1.96 bits per heavy atom. The van der Waals surface area contributed by atoms with Crippen LogP contribution in [0.4, 0.5) is 0 Å². The number of hydrogen-bond acceptors (Lipinski definition) is 4. The van der Waals surface area contributed by atoms with E-state index < -0.39 is 0 Å². The summed E-state index contributed by atoms with van der Waals surface area (Å²) in [5.74, 6) is 1.47. The molecule has 0 radical (unpaired) electrons. The molecule has 2 atom stereocenters. The Bertz CT molecular complexity index is 689. The van der Waals surface area contributed by atoms with E-state index in [1.54, 1.807) is 18.2 Å². The fourth-order valence-corrected chi connectivity index (χ4v) is 4.25. The predicted octanol–water partition coefficient (Wildman–Crippen LogP) is 3.00. The number of carbonyl (C=O) groups is 2. The molecule has 27 heavy (non-hydrogen) atoms. The van der Waals surface area contributed by atoms with Gasteiger partial charge in [0.2, 0.25) is 0 Å². The molecule has 1 aromatic rings. The molecule has 0 spiro atoms. The molecule has 1 aliphatic carbocycles. The zero-order valence-electron chi connectivity index (χ0n) is 16.5. The van der Waals surface area contributed by atoms with Crippen molar-refractivity contribution in [2.24, 2.45) is 5.92 Å². The molecule has 2 aliphatic rings. The van der Waals surface area contributed by atoms with Crippen LogP contribution in [0.25, 0.3) is 0 Å². The molecule has 2 fully saturated rings. The van der Waals surface area contributed by atoms with Gasteiger partial charge in [0.15, 0.2) is 18.1 Å². The lowest BCUT2D eigenvalue weighted by molar-refractivity contribution is -0.123. The van der Waals surface area contributed by atoms with Crippen molar-refractivity contribution in [2.45, 2.75) is 58.0 Å². The maximum atomic E-state index is 13.0. The van der Waals surface area contributed by atoms with E-state index in [1.165, 1.54) is 26.4 Å². The minimum Gasteiger partial charge on any atom is -0.493 e. The van der Waals surface area contributed by atoms with Crippen molar-refractivity contribution in [3.8, 4) is 11.5 Å². The van der Waals surface area contributed by atoms with Gasteiger partial charge in [-0.3, -0.25) is 9.59 Å². The highest BCUT2D eigenvalue weighted by molar-refractivity contribution is 5.95. The molecular formula is C21H30N2O4.